The number of amides is 2. The van der Waals surface area contributed by atoms with E-state index in [0.717, 1.165) is 16.6 Å². The molecule has 0 aliphatic carbocycles. The van der Waals surface area contributed by atoms with Gasteiger partial charge in [-0.05, 0) is 53.9 Å². The normalized spacial score (nSPS) is 10.9. The number of aromatic nitrogens is 2. The van der Waals surface area contributed by atoms with Gasteiger partial charge in [0.15, 0.2) is 0 Å². The molecule has 0 spiro atoms. The molecule has 0 aliphatic rings. The quantitative estimate of drug-likeness (QED) is 0.367. The smallest absolute Gasteiger partial charge is 0.336 e. The van der Waals surface area contributed by atoms with Gasteiger partial charge in [-0.25, -0.2) is 13.8 Å². The second kappa shape index (κ2) is 11.5. The number of hydrogen-bond donors (Lipinski definition) is 2. The number of carbonyl (C=O) groups excluding carboxylic acids is 2. The van der Waals surface area contributed by atoms with E-state index in [1.165, 1.54) is 16.7 Å². The first-order valence-corrected chi connectivity index (χ1v) is 12.0. The summed E-state index contributed by atoms with van der Waals surface area (Å²) in [4.78, 5) is 51.5. The van der Waals surface area contributed by atoms with Crippen molar-refractivity contribution in [3.05, 3.63) is 111 Å². The summed E-state index contributed by atoms with van der Waals surface area (Å²) in [6, 6.07) is 19.0. The molecule has 0 radical (unpaired) electrons. The van der Waals surface area contributed by atoms with Crippen LogP contribution in [0.4, 0.5) is 4.39 Å². The Morgan fingerprint density at radius 1 is 0.838 bits per heavy atom. The molecular weight excluding hydrogens is 475 g/mol. The van der Waals surface area contributed by atoms with Gasteiger partial charge in [0.05, 0.1) is 23.0 Å². The van der Waals surface area contributed by atoms with Crippen LogP contribution in [0, 0.1) is 5.82 Å². The highest BCUT2D eigenvalue weighted by Crippen LogP contribution is 2.12. The van der Waals surface area contributed by atoms with Crippen LogP contribution in [0.3, 0.4) is 0 Å². The molecule has 2 amide bonds. The molecule has 4 aromatic rings. The van der Waals surface area contributed by atoms with Gasteiger partial charge < -0.3 is 10.6 Å². The molecule has 37 heavy (non-hydrogen) atoms. The Hall–Kier alpha value is -4.53. The van der Waals surface area contributed by atoms with Gasteiger partial charge in [-0.3, -0.25) is 19.0 Å². The molecular formula is C28H27FN4O4. The van der Waals surface area contributed by atoms with Crippen LogP contribution in [0.2, 0.25) is 0 Å². The van der Waals surface area contributed by atoms with Crippen LogP contribution in [-0.2, 0) is 29.1 Å². The van der Waals surface area contributed by atoms with E-state index < -0.39 is 17.2 Å². The first-order chi connectivity index (χ1) is 17.9. The number of nitrogens with one attached hydrogen (secondary N) is 2. The van der Waals surface area contributed by atoms with E-state index in [0.29, 0.717) is 23.3 Å². The van der Waals surface area contributed by atoms with Crippen molar-refractivity contribution in [3.63, 3.8) is 0 Å². The summed E-state index contributed by atoms with van der Waals surface area (Å²) in [6.07, 6.45) is 1.03. The average Bonchev–Trinajstić information content (AvgIpc) is 2.90. The summed E-state index contributed by atoms with van der Waals surface area (Å²) in [5, 5.41) is 5.83. The molecule has 2 N–H and O–H groups in total. The number of benzene rings is 3. The van der Waals surface area contributed by atoms with Crippen molar-refractivity contribution in [2.75, 3.05) is 6.54 Å². The SMILES string of the molecule is CCCNC(=O)Cc1ccc(-n2c(=O)c3ccccc3n(CC(=O)NCc3ccc(F)cc3)c2=O)cc1. The van der Waals surface area contributed by atoms with Crippen LogP contribution in [0.5, 0.6) is 0 Å². The Bertz CT molecular complexity index is 1540. The van der Waals surface area contributed by atoms with Crippen LogP contribution in [0.1, 0.15) is 24.5 Å². The predicted molar refractivity (Wildman–Crippen MR) is 139 cm³/mol. The monoisotopic (exact) mass is 502 g/mol. The second-order valence-corrected chi connectivity index (χ2v) is 8.62. The largest absolute Gasteiger partial charge is 0.356 e. The summed E-state index contributed by atoms with van der Waals surface area (Å²) in [7, 11) is 0. The number of para-hydroxylation sites is 1. The van der Waals surface area contributed by atoms with Gasteiger partial charge in [-0.2, -0.15) is 0 Å². The summed E-state index contributed by atoms with van der Waals surface area (Å²) in [5.41, 5.74) is 0.965. The zero-order valence-electron chi connectivity index (χ0n) is 20.4. The van der Waals surface area contributed by atoms with Crippen molar-refractivity contribution < 1.29 is 14.0 Å². The fourth-order valence-electron chi connectivity index (χ4n) is 3.98. The maximum absolute atomic E-state index is 13.5. The molecule has 0 fully saturated rings. The number of halogens is 1. The minimum Gasteiger partial charge on any atom is -0.356 e. The van der Waals surface area contributed by atoms with Gasteiger partial charge in [0.25, 0.3) is 5.56 Å². The van der Waals surface area contributed by atoms with E-state index in [2.05, 4.69) is 10.6 Å². The van der Waals surface area contributed by atoms with Gasteiger partial charge in [0.2, 0.25) is 11.8 Å². The average molecular weight is 503 g/mol. The lowest BCUT2D eigenvalue weighted by atomic mass is 10.1. The third-order valence-electron chi connectivity index (χ3n) is 5.89. The summed E-state index contributed by atoms with van der Waals surface area (Å²) < 4.78 is 15.4. The van der Waals surface area contributed by atoms with Crippen molar-refractivity contribution in [1.29, 1.82) is 0 Å². The molecule has 0 saturated heterocycles. The maximum Gasteiger partial charge on any atom is 0.336 e. The topological polar surface area (TPSA) is 102 Å². The molecule has 4 rings (SSSR count). The van der Waals surface area contributed by atoms with Crippen molar-refractivity contribution >= 4 is 22.7 Å². The van der Waals surface area contributed by atoms with Crippen LogP contribution in [0.15, 0.2) is 82.4 Å². The first-order valence-electron chi connectivity index (χ1n) is 12.0. The van der Waals surface area contributed by atoms with Crippen molar-refractivity contribution in [2.24, 2.45) is 0 Å². The van der Waals surface area contributed by atoms with E-state index in [4.69, 9.17) is 0 Å². The Balaban J connectivity index is 1.63. The third-order valence-corrected chi connectivity index (χ3v) is 5.89. The van der Waals surface area contributed by atoms with E-state index in [1.807, 2.05) is 6.92 Å². The number of nitrogens with zero attached hydrogens (tertiary/aromatic N) is 2. The van der Waals surface area contributed by atoms with Crippen LogP contribution in [-0.4, -0.2) is 27.5 Å². The van der Waals surface area contributed by atoms with Gasteiger partial charge in [0, 0.05) is 13.1 Å². The number of fused-ring (bicyclic) bond motifs is 1. The molecule has 9 heteroatoms. The van der Waals surface area contributed by atoms with Crippen LogP contribution >= 0.6 is 0 Å². The lowest BCUT2D eigenvalue weighted by Gasteiger charge is -2.14. The van der Waals surface area contributed by atoms with Crippen LogP contribution in [0.25, 0.3) is 16.6 Å². The molecule has 0 bridgehead atoms. The molecule has 190 valence electrons. The number of hydrogen-bond acceptors (Lipinski definition) is 4. The summed E-state index contributed by atoms with van der Waals surface area (Å²) >= 11 is 0. The lowest BCUT2D eigenvalue weighted by Crippen LogP contribution is -2.41. The fourth-order valence-corrected chi connectivity index (χ4v) is 3.98. The van der Waals surface area contributed by atoms with E-state index in [9.17, 15) is 23.6 Å². The van der Waals surface area contributed by atoms with E-state index in [1.54, 1.807) is 60.7 Å². The Morgan fingerprint density at radius 2 is 1.51 bits per heavy atom. The van der Waals surface area contributed by atoms with Gasteiger partial charge in [-0.15, -0.1) is 0 Å². The zero-order chi connectivity index (χ0) is 26.4. The van der Waals surface area contributed by atoms with Crippen molar-refractivity contribution in [1.82, 2.24) is 19.8 Å². The van der Waals surface area contributed by atoms with Gasteiger partial charge >= 0.3 is 5.69 Å². The molecule has 8 nitrogen and oxygen atoms in total. The molecule has 0 saturated carbocycles. The Labute approximate surface area is 212 Å². The van der Waals surface area contributed by atoms with Gasteiger partial charge in [0.1, 0.15) is 12.4 Å². The van der Waals surface area contributed by atoms with Crippen molar-refractivity contribution in [3.8, 4) is 5.69 Å². The minimum absolute atomic E-state index is 0.105. The molecule has 3 aromatic carbocycles. The predicted octanol–water partition coefficient (Wildman–Crippen LogP) is 2.68. The highest BCUT2D eigenvalue weighted by Gasteiger charge is 2.16. The molecule has 0 aliphatic heterocycles. The number of carbonyl (C=O) groups is 2. The van der Waals surface area contributed by atoms with Gasteiger partial charge in [-0.1, -0.05) is 43.3 Å². The van der Waals surface area contributed by atoms with Crippen LogP contribution < -0.4 is 21.9 Å². The highest BCUT2D eigenvalue weighted by molar-refractivity contribution is 5.82. The molecule has 0 atom stereocenters. The third kappa shape index (κ3) is 6.00. The fraction of sp³-hybridized carbons (Fsp3) is 0.214. The summed E-state index contributed by atoms with van der Waals surface area (Å²) in [5.74, 6) is -0.912. The minimum atomic E-state index is -0.658. The Kier molecular flexibility index (Phi) is 7.92. The highest BCUT2D eigenvalue weighted by atomic mass is 19.1. The molecule has 1 heterocycles. The lowest BCUT2D eigenvalue weighted by molar-refractivity contribution is -0.122. The zero-order valence-corrected chi connectivity index (χ0v) is 20.4. The standard InChI is InChI=1S/C28H27FN4O4/c1-2-15-30-25(34)16-19-9-13-22(14-10-19)33-27(36)23-5-3-4-6-24(23)32(28(33)37)18-26(35)31-17-20-7-11-21(29)12-8-20/h3-14H,2,15-18H2,1H3,(H,30,34)(H,31,35). The maximum atomic E-state index is 13.5. The van der Waals surface area contributed by atoms with E-state index in [-0.39, 0.29) is 36.6 Å². The first kappa shape index (κ1) is 25.6. The molecule has 1 aromatic heterocycles. The Morgan fingerprint density at radius 3 is 2.22 bits per heavy atom. The second-order valence-electron chi connectivity index (χ2n) is 8.62. The van der Waals surface area contributed by atoms with Crippen molar-refractivity contribution in [2.45, 2.75) is 32.9 Å². The summed E-state index contributed by atoms with van der Waals surface area (Å²) in [6.45, 7) is 2.42. The molecule has 0 unspecified atom stereocenters. The van der Waals surface area contributed by atoms with E-state index >= 15 is 0 Å². The number of rotatable bonds is 9.